The van der Waals surface area contributed by atoms with Crippen LogP contribution in [0.5, 0.6) is 0 Å². The van der Waals surface area contributed by atoms with Crippen molar-refractivity contribution in [2.45, 2.75) is 31.5 Å². The highest BCUT2D eigenvalue weighted by Crippen LogP contribution is 2.49. The third-order valence-corrected chi connectivity index (χ3v) is 9.40. The van der Waals surface area contributed by atoms with Crippen molar-refractivity contribution in [3.05, 3.63) is 115 Å². The van der Waals surface area contributed by atoms with E-state index in [1.54, 1.807) is 0 Å². The van der Waals surface area contributed by atoms with E-state index >= 15 is 0 Å². The molecule has 5 aromatic rings. The number of pyridine rings is 1. The van der Waals surface area contributed by atoms with Gasteiger partial charge in [-0.05, 0) is 51.2 Å². The number of quaternary nitrogens is 1. The van der Waals surface area contributed by atoms with Crippen molar-refractivity contribution in [2.24, 2.45) is 11.8 Å². The highest BCUT2D eigenvalue weighted by Gasteiger charge is 2.54. The number of aromatic nitrogens is 1. The molecule has 37 heavy (non-hydrogen) atoms. The Morgan fingerprint density at radius 2 is 1.59 bits per heavy atom. The molecule has 2 bridgehead atoms. The molecular weight excluding hydrogens is 452 g/mol. The van der Waals surface area contributed by atoms with E-state index in [0.717, 1.165) is 47.0 Å². The van der Waals surface area contributed by atoms with Gasteiger partial charge in [-0.25, -0.2) is 0 Å². The summed E-state index contributed by atoms with van der Waals surface area (Å²) in [5.41, 5.74) is 3.37. The van der Waals surface area contributed by atoms with Crippen LogP contribution >= 0.6 is 0 Å². The molecule has 184 valence electrons. The molecule has 3 aliphatic heterocycles. The maximum atomic E-state index is 12.1. The number of rotatable bonds is 5. The maximum Gasteiger partial charge on any atom is 0.131 e. The fraction of sp³-hybridized carbons (Fsp3) is 0.265. The number of hydrogen-bond donors (Lipinski definition) is 1. The molecule has 3 unspecified atom stereocenters. The predicted molar refractivity (Wildman–Crippen MR) is 152 cm³/mol. The highest BCUT2D eigenvalue weighted by atomic mass is 16.3. The second-order valence-corrected chi connectivity index (χ2v) is 11.2. The molecule has 4 heterocycles. The number of aliphatic hydroxyl groups is 1. The molecule has 0 amide bonds. The summed E-state index contributed by atoms with van der Waals surface area (Å²) in [6.45, 7) is 7.28. The molecule has 0 aliphatic carbocycles. The van der Waals surface area contributed by atoms with Crippen LogP contribution in [-0.2, 0) is 6.54 Å². The normalized spacial score (nSPS) is 26.0. The molecule has 0 saturated carbocycles. The van der Waals surface area contributed by atoms with Crippen molar-refractivity contribution in [2.75, 3.05) is 13.1 Å². The minimum absolute atomic E-state index is 0.137. The van der Waals surface area contributed by atoms with Crippen molar-refractivity contribution in [3.8, 4) is 0 Å². The zero-order valence-electron chi connectivity index (χ0n) is 21.1. The fourth-order valence-corrected chi connectivity index (χ4v) is 7.56. The summed E-state index contributed by atoms with van der Waals surface area (Å²) in [6, 6.07) is 30.3. The van der Waals surface area contributed by atoms with E-state index in [0.29, 0.717) is 11.8 Å². The maximum absolute atomic E-state index is 12.1. The third kappa shape index (κ3) is 3.60. The van der Waals surface area contributed by atoms with Crippen LogP contribution in [-0.4, -0.2) is 33.7 Å². The van der Waals surface area contributed by atoms with Crippen LogP contribution in [0.4, 0.5) is 0 Å². The number of piperidine rings is 3. The fourth-order valence-electron chi connectivity index (χ4n) is 7.56. The molecular formula is C34H33N2O+. The molecule has 8 rings (SSSR count). The summed E-state index contributed by atoms with van der Waals surface area (Å²) in [7, 11) is 0. The van der Waals surface area contributed by atoms with Gasteiger partial charge in [0.25, 0.3) is 0 Å². The van der Waals surface area contributed by atoms with Gasteiger partial charge in [-0.15, -0.1) is 6.58 Å². The number of nitrogens with zero attached hydrogens (tertiary/aromatic N) is 2. The second kappa shape index (κ2) is 8.79. The van der Waals surface area contributed by atoms with E-state index in [4.69, 9.17) is 0 Å². The predicted octanol–water partition coefficient (Wildman–Crippen LogP) is 7.19. The van der Waals surface area contributed by atoms with Crippen LogP contribution in [0.1, 0.15) is 30.1 Å². The molecule has 1 N–H and O–H groups in total. The summed E-state index contributed by atoms with van der Waals surface area (Å²) in [5.74, 6) is 1.09. The van der Waals surface area contributed by atoms with Crippen molar-refractivity contribution < 1.29 is 9.59 Å². The quantitative estimate of drug-likeness (QED) is 0.162. The first-order valence-corrected chi connectivity index (χ1v) is 13.6. The van der Waals surface area contributed by atoms with Gasteiger partial charge in [-0.1, -0.05) is 72.8 Å². The first kappa shape index (κ1) is 22.7. The van der Waals surface area contributed by atoms with Crippen molar-refractivity contribution in [1.82, 2.24) is 4.98 Å². The molecule has 3 aliphatic rings. The molecule has 4 aromatic carbocycles. The molecule has 3 nitrogen and oxygen atoms in total. The van der Waals surface area contributed by atoms with Gasteiger partial charge in [0.2, 0.25) is 0 Å². The van der Waals surface area contributed by atoms with Gasteiger partial charge in [0.15, 0.2) is 0 Å². The SMILES string of the molecule is C=CC1C[N+]2(Cc3c4ccccc4cc4ccccc34)CCC1C[C@@H]2[C@H](O)c1ccnc2ccccc12. The van der Waals surface area contributed by atoms with Gasteiger partial charge in [0.1, 0.15) is 18.7 Å². The second-order valence-electron chi connectivity index (χ2n) is 11.2. The van der Waals surface area contributed by atoms with Crippen molar-refractivity contribution in [1.29, 1.82) is 0 Å². The Labute approximate surface area is 218 Å². The molecule has 3 heteroatoms. The van der Waals surface area contributed by atoms with E-state index in [1.165, 1.54) is 33.5 Å². The minimum atomic E-state index is -0.539. The van der Waals surface area contributed by atoms with Crippen LogP contribution in [0.15, 0.2) is 104 Å². The first-order chi connectivity index (χ1) is 18.2. The van der Waals surface area contributed by atoms with Crippen molar-refractivity contribution in [3.63, 3.8) is 0 Å². The topological polar surface area (TPSA) is 33.1 Å². The lowest BCUT2D eigenvalue weighted by molar-refractivity contribution is -0.984. The van der Waals surface area contributed by atoms with E-state index in [-0.39, 0.29) is 6.04 Å². The van der Waals surface area contributed by atoms with Gasteiger partial charge in [-0.3, -0.25) is 4.98 Å². The van der Waals surface area contributed by atoms with Crippen LogP contribution < -0.4 is 0 Å². The Bertz CT molecular complexity index is 1580. The molecule has 3 fully saturated rings. The summed E-state index contributed by atoms with van der Waals surface area (Å²) in [5, 5.41) is 18.4. The summed E-state index contributed by atoms with van der Waals surface area (Å²) in [4.78, 5) is 4.57. The van der Waals surface area contributed by atoms with Crippen LogP contribution in [0.3, 0.4) is 0 Å². The van der Waals surface area contributed by atoms with Gasteiger partial charge in [0, 0.05) is 35.9 Å². The summed E-state index contributed by atoms with van der Waals surface area (Å²) in [6.07, 6.45) is 5.72. The first-order valence-electron chi connectivity index (χ1n) is 13.6. The molecule has 1 aromatic heterocycles. The van der Waals surface area contributed by atoms with Crippen LogP contribution in [0.25, 0.3) is 32.4 Å². The zero-order chi connectivity index (χ0) is 25.0. The lowest BCUT2D eigenvalue weighted by Gasteiger charge is -2.58. The number of aliphatic hydroxyl groups excluding tert-OH is 1. The third-order valence-electron chi connectivity index (χ3n) is 9.40. The lowest BCUT2D eigenvalue weighted by Crippen LogP contribution is -2.67. The Hall–Kier alpha value is -3.53. The molecule has 0 radical (unpaired) electrons. The Morgan fingerprint density at radius 1 is 0.919 bits per heavy atom. The largest absolute Gasteiger partial charge is 0.382 e. The molecule has 5 atom stereocenters. The van der Waals surface area contributed by atoms with E-state index < -0.39 is 6.10 Å². The number of fused-ring (bicyclic) bond motifs is 6. The van der Waals surface area contributed by atoms with Crippen LogP contribution in [0.2, 0.25) is 0 Å². The van der Waals surface area contributed by atoms with E-state index in [2.05, 4.69) is 78.3 Å². The Morgan fingerprint density at radius 3 is 2.32 bits per heavy atom. The van der Waals surface area contributed by atoms with Gasteiger partial charge < -0.3 is 9.59 Å². The minimum Gasteiger partial charge on any atom is -0.382 e. The zero-order valence-corrected chi connectivity index (χ0v) is 21.1. The van der Waals surface area contributed by atoms with E-state index in [9.17, 15) is 5.11 Å². The standard InChI is InChI=1S/C34H33N2O/c1-2-23-21-36(22-31-27-11-5-3-9-25(27)19-26-10-4-6-12-28(26)31)18-16-24(23)20-33(36)34(37)30-15-17-35-32-14-8-7-13-29(30)32/h2-15,17,19,23-24,33-34,37H,1,16,18,20-22H2/q+1/t23?,24?,33-,34-,36?/m1/s1. The average Bonchev–Trinajstić information content (AvgIpc) is 2.96. The summed E-state index contributed by atoms with van der Waals surface area (Å²) >= 11 is 0. The lowest BCUT2D eigenvalue weighted by atomic mass is 9.71. The van der Waals surface area contributed by atoms with Gasteiger partial charge >= 0.3 is 0 Å². The molecule has 3 saturated heterocycles. The smallest absolute Gasteiger partial charge is 0.131 e. The Kier molecular flexibility index (Phi) is 5.38. The van der Waals surface area contributed by atoms with Gasteiger partial charge in [0.05, 0.1) is 18.6 Å². The highest BCUT2D eigenvalue weighted by molar-refractivity contribution is 6.02. The monoisotopic (exact) mass is 485 g/mol. The number of benzene rings is 4. The number of hydrogen-bond acceptors (Lipinski definition) is 2. The summed E-state index contributed by atoms with van der Waals surface area (Å²) < 4.78 is 0.906. The average molecular weight is 486 g/mol. The van der Waals surface area contributed by atoms with E-state index in [1.807, 2.05) is 30.5 Å². The van der Waals surface area contributed by atoms with Crippen molar-refractivity contribution >= 4 is 32.4 Å². The number of para-hydroxylation sites is 1. The molecule has 0 spiro atoms. The Balaban J connectivity index is 1.39. The van der Waals surface area contributed by atoms with Crippen LogP contribution in [0, 0.1) is 11.8 Å². The van der Waals surface area contributed by atoms with Gasteiger partial charge in [-0.2, -0.15) is 0 Å².